The van der Waals surface area contributed by atoms with Crippen LogP contribution in [0, 0.1) is 10.1 Å². The molecule has 2 aromatic rings. The van der Waals surface area contributed by atoms with E-state index in [-0.39, 0.29) is 23.6 Å². The van der Waals surface area contributed by atoms with Gasteiger partial charge in [0.25, 0.3) is 11.6 Å². The minimum Gasteiger partial charge on any atom is -0.478 e. The highest BCUT2D eigenvalue weighted by Gasteiger charge is 2.30. The fourth-order valence-electron chi connectivity index (χ4n) is 3.29. The van der Waals surface area contributed by atoms with Gasteiger partial charge in [0.1, 0.15) is 0 Å². The van der Waals surface area contributed by atoms with E-state index in [2.05, 4.69) is 10.6 Å². The highest BCUT2D eigenvalue weighted by Crippen LogP contribution is 2.35. The van der Waals surface area contributed by atoms with E-state index in [0.29, 0.717) is 6.42 Å². The summed E-state index contributed by atoms with van der Waals surface area (Å²) in [5.74, 6) is -2.56. The summed E-state index contributed by atoms with van der Waals surface area (Å²) in [5, 5.41) is 25.5. The lowest BCUT2D eigenvalue weighted by Gasteiger charge is -2.11. The van der Waals surface area contributed by atoms with Gasteiger partial charge in [-0.15, -0.1) is 0 Å². The van der Waals surface area contributed by atoms with E-state index in [9.17, 15) is 24.5 Å². The Labute approximate surface area is 165 Å². The van der Waals surface area contributed by atoms with Gasteiger partial charge in [-0.1, -0.05) is 19.1 Å². The van der Waals surface area contributed by atoms with Crippen molar-refractivity contribution in [1.29, 1.82) is 0 Å². The molecule has 1 unspecified atom stereocenters. The molecule has 1 aliphatic heterocycles. The summed E-state index contributed by atoms with van der Waals surface area (Å²) in [4.78, 5) is 46.0. The van der Waals surface area contributed by atoms with Gasteiger partial charge in [0.2, 0.25) is 5.91 Å². The van der Waals surface area contributed by atoms with Gasteiger partial charge in [-0.05, 0) is 36.1 Å². The molecule has 0 aromatic heterocycles. The summed E-state index contributed by atoms with van der Waals surface area (Å²) >= 11 is 0. The van der Waals surface area contributed by atoms with Crippen LogP contribution in [-0.4, -0.2) is 34.4 Å². The first kappa shape index (κ1) is 20.0. The van der Waals surface area contributed by atoms with E-state index in [4.69, 9.17) is 5.11 Å². The van der Waals surface area contributed by atoms with Gasteiger partial charge in [-0.2, -0.15) is 0 Å². The van der Waals surface area contributed by atoms with Crippen molar-refractivity contribution in [2.45, 2.75) is 25.7 Å². The molecule has 0 saturated carbocycles. The van der Waals surface area contributed by atoms with Crippen LogP contribution in [-0.2, 0) is 11.2 Å². The van der Waals surface area contributed by atoms with Gasteiger partial charge in [0, 0.05) is 29.9 Å². The lowest BCUT2D eigenvalue weighted by molar-refractivity contribution is -0.384. The number of carboxylic acid groups (broad SMARTS) is 1. The first-order valence-corrected chi connectivity index (χ1v) is 9.04. The molecule has 0 radical (unpaired) electrons. The van der Waals surface area contributed by atoms with Crippen molar-refractivity contribution in [3.05, 3.63) is 68.8 Å². The molecule has 3 N–H and O–H groups in total. The molecular formula is C20H19N3O6. The van der Waals surface area contributed by atoms with Gasteiger partial charge in [-0.25, -0.2) is 4.79 Å². The van der Waals surface area contributed by atoms with Crippen LogP contribution >= 0.6 is 0 Å². The molecule has 1 heterocycles. The molecule has 0 fully saturated rings. The first-order valence-electron chi connectivity index (χ1n) is 9.04. The molecule has 2 amide bonds. The minimum absolute atomic E-state index is 0.124. The smallest absolute Gasteiger partial charge is 0.335 e. The molecule has 9 heteroatoms. The molecule has 9 nitrogen and oxygen atoms in total. The molecule has 0 bridgehead atoms. The zero-order valence-corrected chi connectivity index (χ0v) is 15.6. The number of carboxylic acids is 1. The van der Waals surface area contributed by atoms with Crippen molar-refractivity contribution in [2.75, 3.05) is 11.9 Å². The number of hydrogen-bond donors (Lipinski definition) is 3. The Hall–Kier alpha value is -3.75. The van der Waals surface area contributed by atoms with Crippen molar-refractivity contribution < 1.29 is 24.4 Å². The second-order valence-corrected chi connectivity index (χ2v) is 6.69. The summed E-state index contributed by atoms with van der Waals surface area (Å²) in [7, 11) is 0. The van der Waals surface area contributed by atoms with Crippen molar-refractivity contribution in [2.24, 2.45) is 0 Å². The molecule has 3 rings (SSSR count). The molecule has 1 atom stereocenters. The largest absolute Gasteiger partial charge is 0.478 e. The number of amides is 2. The Bertz CT molecular complexity index is 985. The molecule has 29 heavy (non-hydrogen) atoms. The number of nitrogens with zero attached hydrogens (tertiary/aromatic N) is 1. The maximum atomic E-state index is 12.4. The Morgan fingerprint density at radius 2 is 1.93 bits per heavy atom. The van der Waals surface area contributed by atoms with Crippen LogP contribution in [0.2, 0.25) is 0 Å². The molecule has 2 aromatic carbocycles. The number of aromatic carboxylic acids is 1. The topological polar surface area (TPSA) is 139 Å². The molecule has 1 aliphatic rings. The zero-order chi connectivity index (χ0) is 21.1. The average molecular weight is 397 g/mol. The monoisotopic (exact) mass is 397 g/mol. The van der Waals surface area contributed by atoms with Crippen LogP contribution in [0.1, 0.15) is 51.1 Å². The van der Waals surface area contributed by atoms with Crippen molar-refractivity contribution >= 4 is 29.2 Å². The maximum absolute atomic E-state index is 12.4. The second kappa shape index (κ2) is 8.09. The Balaban J connectivity index is 1.70. The number of non-ortho nitro benzene ring substituents is 1. The lowest BCUT2D eigenvalue weighted by atomic mass is 9.95. The Morgan fingerprint density at radius 3 is 2.59 bits per heavy atom. The maximum Gasteiger partial charge on any atom is 0.335 e. The van der Waals surface area contributed by atoms with Crippen LogP contribution in [0.25, 0.3) is 0 Å². The predicted octanol–water partition coefficient (Wildman–Crippen LogP) is 2.71. The summed E-state index contributed by atoms with van der Waals surface area (Å²) in [6, 6.07) is 8.78. The predicted molar refractivity (Wildman–Crippen MR) is 104 cm³/mol. The van der Waals surface area contributed by atoms with Gasteiger partial charge >= 0.3 is 5.97 Å². The van der Waals surface area contributed by atoms with Gasteiger partial charge in [0.05, 0.1) is 16.4 Å². The standard InChI is InChI=1S/C20H19N3O6/c1-2-11-3-4-17-16(7-11)15(19(25)22-17)5-6-21-18(24)12-8-13(20(26)27)10-14(9-12)23(28)29/h3-4,7-10,15H,2,5-6H2,1H3,(H,21,24)(H,22,25)(H,26,27). The third-order valence-corrected chi connectivity index (χ3v) is 4.83. The third kappa shape index (κ3) is 4.23. The Kier molecular flexibility index (Phi) is 5.58. The summed E-state index contributed by atoms with van der Waals surface area (Å²) < 4.78 is 0. The Morgan fingerprint density at radius 1 is 1.21 bits per heavy atom. The fraction of sp³-hybridized carbons (Fsp3) is 0.250. The quantitative estimate of drug-likeness (QED) is 0.485. The van der Waals surface area contributed by atoms with Gasteiger partial charge < -0.3 is 15.7 Å². The highest BCUT2D eigenvalue weighted by atomic mass is 16.6. The number of hydrogen-bond acceptors (Lipinski definition) is 5. The number of fused-ring (bicyclic) bond motifs is 1. The lowest BCUT2D eigenvalue weighted by Crippen LogP contribution is -2.27. The minimum atomic E-state index is -1.37. The van der Waals surface area contributed by atoms with E-state index < -0.39 is 28.4 Å². The van der Waals surface area contributed by atoms with E-state index in [1.165, 1.54) is 0 Å². The van der Waals surface area contributed by atoms with Gasteiger partial charge in [-0.3, -0.25) is 19.7 Å². The van der Waals surface area contributed by atoms with Crippen LogP contribution in [0.15, 0.2) is 36.4 Å². The number of nitro groups is 1. The van der Waals surface area contributed by atoms with E-state index in [1.54, 1.807) is 0 Å². The van der Waals surface area contributed by atoms with E-state index in [0.717, 1.165) is 41.4 Å². The molecule has 0 saturated heterocycles. The number of aryl methyl sites for hydroxylation is 1. The molecule has 0 spiro atoms. The SMILES string of the molecule is CCc1ccc2c(c1)C(CCNC(=O)c1cc(C(=O)O)cc([N+](=O)[O-])c1)C(=O)N2. The number of nitro benzene ring substituents is 1. The molecular weight excluding hydrogens is 378 g/mol. The highest BCUT2D eigenvalue weighted by molar-refractivity contribution is 6.03. The van der Waals surface area contributed by atoms with Crippen molar-refractivity contribution in [3.8, 4) is 0 Å². The normalized spacial score (nSPS) is 14.8. The van der Waals surface area contributed by atoms with Crippen LogP contribution in [0.4, 0.5) is 11.4 Å². The summed E-state index contributed by atoms with van der Waals surface area (Å²) in [6.07, 6.45) is 1.18. The molecule has 150 valence electrons. The molecule has 0 aliphatic carbocycles. The third-order valence-electron chi connectivity index (χ3n) is 4.83. The number of anilines is 1. The van der Waals surface area contributed by atoms with Crippen LogP contribution in [0.3, 0.4) is 0 Å². The van der Waals surface area contributed by atoms with Crippen molar-refractivity contribution in [3.63, 3.8) is 0 Å². The number of rotatable bonds is 7. The van der Waals surface area contributed by atoms with Crippen molar-refractivity contribution in [1.82, 2.24) is 5.32 Å². The fourth-order valence-corrected chi connectivity index (χ4v) is 3.29. The number of benzene rings is 2. The van der Waals surface area contributed by atoms with E-state index in [1.807, 2.05) is 25.1 Å². The number of carbonyl (C=O) groups is 3. The van der Waals surface area contributed by atoms with Crippen LogP contribution in [0.5, 0.6) is 0 Å². The second-order valence-electron chi connectivity index (χ2n) is 6.69. The summed E-state index contributed by atoms with van der Waals surface area (Å²) in [6.45, 7) is 2.17. The first-order chi connectivity index (χ1) is 13.8. The summed E-state index contributed by atoms with van der Waals surface area (Å²) in [5.41, 5.74) is 1.79. The van der Waals surface area contributed by atoms with Crippen LogP contribution < -0.4 is 10.6 Å². The number of carbonyl (C=O) groups excluding carboxylic acids is 2. The number of nitrogens with one attached hydrogen (secondary N) is 2. The zero-order valence-electron chi connectivity index (χ0n) is 15.6. The average Bonchev–Trinajstić information content (AvgIpc) is 3.01. The van der Waals surface area contributed by atoms with E-state index >= 15 is 0 Å². The van der Waals surface area contributed by atoms with Gasteiger partial charge in [0.15, 0.2) is 0 Å².